The van der Waals surface area contributed by atoms with Gasteiger partial charge in [-0.3, -0.25) is 9.59 Å². The molecule has 1 N–H and O–H groups in total. The van der Waals surface area contributed by atoms with Crippen molar-refractivity contribution in [3.63, 3.8) is 0 Å². The topological polar surface area (TPSA) is 54.4 Å². The van der Waals surface area contributed by atoms with Crippen LogP contribution in [-0.2, 0) is 9.59 Å². The van der Waals surface area contributed by atoms with E-state index in [0.29, 0.717) is 21.6 Å². The van der Waals surface area contributed by atoms with Crippen LogP contribution in [0.5, 0.6) is 0 Å². The third-order valence-corrected chi connectivity index (χ3v) is 3.51. The summed E-state index contributed by atoms with van der Waals surface area (Å²) in [6.07, 6.45) is 0.380. The highest BCUT2D eigenvalue weighted by atomic mass is 27.1. The highest BCUT2D eigenvalue weighted by Crippen LogP contribution is 2.07. The number of Topliss-reactive ketones (excluding diaryl/α,β-unsaturated/α-hetero) is 1. The Kier molecular flexibility index (Phi) is 11.1. The number of rotatable bonds is 5. The molecule has 4 heteroatoms. The van der Waals surface area contributed by atoms with Crippen LogP contribution in [0.3, 0.4) is 0 Å². The first-order chi connectivity index (χ1) is 7.22. The lowest BCUT2D eigenvalue weighted by Crippen LogP contribution is -2.19. The molecule has 3 nitrogen and oxygen atoms in total. The quantitative estimate of drug-likeness (QED) is 0.596. The average Bonchev–Trinajstić information content (AvgIpc) is 2.01. The Balaban J connectivity index is 0. The van der Waals surface area contributed by atoms with Gasteiger partial charge in [-0.1, -0.05) is 44.2 Å². The summed E-state index contributed by atoms with van der Waals surface area (Å²) in [4.78, 5) is 20.6. The highest BCUT2D eigenvalue weighted by Gasteiger charge is 2.19. The lowest BCUT2D eigenvalue weighted by atomic mass is 10.0. The number of carboxylic acids is 1. The molecule has 93 valence electrons. The molecule has 0 aliphatic rings. The monoisotopic (exact) mass is 243 g/mol. The van der Waals surface area contributed by atoms with Crippen molar-refractivity contribution < 1.29 is 14.7 Å². The molecule has 0 rings (SSSR count). The van der Waals surface area contributed by atoms with Crippen molar-refractivity contribution in [3.8, 4) is 0 Å². The van der Waals surface area contributed by atoms with E-state index in [1.165, 1.54) is 6.92 Å². The summed E-state index contributed by atoms with van der Waals surface area (Å²) in [6.45, 7) is 12.2. The van der Waals surface area contributed by atoms with Gasteiger partial charge >= 0.3 is 5.97 Å². The molecule has 1 atom stereocenters. The fraction of sp³-hybridized carbons (Fsp3) is 0.833. The molecule has 0 aromatic rings. The number of carbonyl (C=O) groups excluding carboxylic acids is 1. The van der Waals surface area contributed by atoms with Gasteiger partial charge in [-0.25, -0.2) is 0 Å². The maximum Gasteiger partial charge on any atom is 0.314 e. The van der Waals surface area contributed by atoms with Crippen molar-refractivity contribution >= 4 is 27.0 Å². The number of carbonyl (C=O) groups is 2. The Morgan fingerprint density at radius 1 is 1.12 bits per heavy atom. The normalized spacial score (nSPS) is 11.8. The smallest absolute Gasteiger partial charge is 0.314 e. The van der Waals surface area contributed by atoms with Crippen LogP contribution >= 0.6 is 0 Å². The maximum atomic E-state index is 10.4. The van der Waals surface area contributed by atoms with E-state index in [9.17, 15) is 9.59 Å². The number of carboxylic acid groups (broad SMARTS) is 1. The van der Waals surface area contributed by atoms with E-state index >= 15 is 0 Å². The van der Waals surface area contributed by atoms with Gasteiger partial charge in [0.25, 0.3) is 0 Å². The summed E-state index contributed by atoms with van der Waals surface area (Å²) in [5.74, 6) is -2.10. The minimum Gasteiger partial charge on any atom is -0.481 e. The first-order valence-corrected chi connectivity index (χ1v) is 7.13. The maximum absolute atomic E-state index is 10.4. The molecule has 1 unspecified atom stereocenters. The second-order valence-corrected chi connectivity index (χ2v) is 7.64. The number of hydrogen-bond acceptors (Lipinski definition) is 2. The summed E-state index contributed by atoms with van der Waals surface area (Å²) in [7, 11) is 0. The number of ketones is 1. The first kappa shape index (κ1) is 18.0. The van der Waals surface area contributed by atoms with Crippen molar-refractivity contribution in [2.75, 3.05) is 0 Å². The van der Waals surface area contributed by atoms with Gasteiger partial charge in [-0.05, 0) is 13.3 Å². The summed E-state index contributed by atoms with van der Waals surface area (Å²) in [5, 5.41) is 8.32. The van der Waals surface area contributed by atoms with E-state index in [4.69, 9.17) is 5.11 Å². The molecule has 0 saturated carbocycles. The molecule has 0 aliphatic heterocycles. The molecule has 0 heterocycles. The van der Waals surface area contributed by atoms with Gasteiger partial charge in [0.2, 0.25) is 15.2 Å². The molecule has 0 bridgehead atoms. The van der Waals surface area contributed by atoms with Gasteiger partial charge in [-0.2, -0.15) is 0 Å². The molecule has 0 fully saturated rings. The zero-order valence-corrected chi connectivity index (χ0v) is 12.4. The van der Waals surface area contributed by atoms with Crippen LogP contribution in [0.2, 0.25) is 9.56 Å². The molecule has 0 spiro atoms. The van der Waals surface area contributed by atoms with E-state index in [-0.39, 0.29) is 5.78 Å². The second kappa shape index (κ2) is 9.87. The van der Waals surface area contributed by atoms with Crippen LogP contribution in [0.15, 0.2) is 0 Å². The Morgan fingerprint density at radius 2 is 1.50 bits per heavy atom. The molecule has 0 aromatic carbocycles. The first-order valence-electron chi connectivity index (χ1n) is 5.80. The Labute approximate surface area is 105 Å². The standard InChI is InChI=1S/C6H10O3.2C3H7.Al/c1-3-5(4(2)7)6(8)9;2*1-3-2;/h5H,3H2,1-2H3,(H,8,9);2*3H,1-2H3;. The van der Waals surface area contributed by atoms with Gasteiger partial charge in [0.15, 0.2) is 0 Å². The molecule has 1 radical (unpaired) electrons. The highest BCUT2D eigenvalue weighted by molar-refractivity contribution is 6.38. The van der Waals surface area contributed by atoms with Crippen LogP contribution in [0, 0.1) is 5.92 Å². The zero-order valence-electron chi connectivity index (χ0n) is 11.3. The van der Waals surface area contributed by atoms with E-state index < -0.39 is 11.9 Å². The third kappa shape index (κ3) is 11.7. The number of aliphatic carboxylic acids is 1. The fourth-order valence-corrected chi connectivity index (χ4v) is 2.95. The van der Waals surface area contributed by atoms with E-state index in [1.807, 2.05) is 0 Å². The summed E-state index contributed by atoms with van der Waals surface area (Å²) >= 11 is 0.713. The third-order valence-electron chi connectivity index (χ3n) is 1.97. The predicted octanol–water partition coefficient (Wildman–Crippen LogP) is 3.03. The van der Waals surface area contributed by atoms with Crippen molar-refractivity contribution in [3.05, 3.63) is 0 Å². The SMILES string of the molecule is CCC(C(C)=O)C(=O)O.C[CH](C)[Al][CH](C)C. The Hall–Kier alpha value is -0.328. The van der Waals surface area contributed by atoms with Gasteiger partial charge in [0.1, 0.15) is 11.7 Å². The molecule has 0 amide bonds. The molecule has 0 aromatic heterocycles. The predicted molar refractivity (Wildman–Crippen MR) is 68.0 cm³/mol. The van der Waals surface area contributed by atoms with Gasteiger partial charge in [0.05, 0.1) is 0 Å². The van der Waals surface area contributed by atoms with Crippen molar-refractivity contribution in [1.29, 1.82) is 0 Å². The zero-order chi connectivity index (χ0) is 13.3. The van der Waals surface area contributed by atoms with Crippen molar-refractivity contribution in [2.45, 2.75) is 57.5 Å². The lowest BCUT2D eigenvalue weighted by Gasteiger charge is -2.02. The van der Waals surface area contributed by atoms with Crippen LogP contribution in [0.4, 0.5) is 0 Å². The molecular weight excluding hydrogens is 219 g/mol. The fourth-order valence-electron chi connectivity index (χ4n) is 1.41. The van der Waals surface area contributed by atoms with Crippen LogP contribution in [-0.4, -0.2) is 32.1 Å². The molecular formula is C12H24AlO3. The molecule has 0 saturated heterocycles. The van der Waals surface area contributed by atoms with E-state index in [1.54, 1.807) is 6.92 Å². The van der Waals surface area contributed by atoms with Crippen LogP contribution in [0.25, 0.3) is 0 Å². The van der Waals surface area contributed by atoms with Crippen LogP contribution < -0.4 is 0 Å². The second-order valence-electron chi connectivity index (χ2n) is 4.59. The van der Waals surface area contributed by atoms with Gasteiger partial charge in [-0.15, -0.1) is 0 Å². The molecule has 0 aliphatic carbocycles. The van der Waals surface area contributed by atoms with Crippen molar-refractivity contribution in [2.24, 2.45) is 5.92 Å². The molecule has 16 heavy (non-hydrogen) atoms. The summed E-state index contributed by atoms with van der Waals surface area (Å²) in [5.41, 5.74) is 0. The van der Waals surface area contributed by atoms with Gasteiger partial charge < -0.3 is 5.11 Å². The van der Waals surface area contributed by atoms with Crippen LogP contribution in [0.1, 0.15) is 48.0 Å². The summed E-state index contributed by atoms with van der Waals surface area (Å²) < 4.78 is 1.92. The minimum atomic E-state index is -1.02. The van der Waals surface area contributed by atoms with E-state index in [2.05, 4.69) is 27.7 Å². The lowest BCUT2D eigenvalue weighted by molar-refractivity contribution is -0.145. The van der Waals surface area contributed by atoms with E-state index in [0.717, 1.165) is 9.56 Å². The van der Waals surface area contributed by atoms with Gasteiger partial charge in [0, 0.05) is 0 Å². The Bertz CT molecular complexity index is 192. The summed E-state index contributed by atoms with van der Waals surface area (Å²) in [6, 6.07) is 0. The average molecular weight is 243 g/mol. The number of hydrogen-bond donors (Lipinski definition) is 1. The minimum absolute atomic E-state index is 0.273. The Morgan fingerprint density at radius 3 is 1.50 bits per heavy atom. The largest absolute Gasteiger partial charge is 0.481 e. The van der Waals surface area contributed by atoms with Crippen molar-refractivity contribution in [1.82, 2.24) is 0 Å².